The number of rotatable bonds is 2. The average molecular weight is 333 g/mol. The van der Waals surface area contributed by atoms with Crippen LogP contribution >= 0.6 is 0 Å². The molecule has 1 atom stereocenters. The second-order valence-corrected chi connectivity index (χ2v) is 5.62. The predicted octanol–water partition coefficient (Wildman–Crippen LogP) is 0.625. The van der Waals surface area contributed by atoms with Gasteiger partial charge in [0.2, 0.25) is 0 Å². The van der Waals surface area contributed by atoms with Crippen molar-refractivity contribution in [1.82, 2.24) is 14.7 Å². The van der Waals surface area contributed by atoms with Crippen molar-refractivity contribution in [1.29, 1.82) is 0 Å². The molecule has 2 aliphatic rings. The van der Waals surface area contributed by atoms with Crippen molar-refractivity contribution >= 4 is 24.0 Å². The molecule has 0 radical (unpaired) electrons. The van der Waals surface area contributed by atoms with Crippen molar-refractivity contribution < 1.29 is 29.4 Å². The molecule has 2 heterocycles. The summed E-state index contributed by atoms with van der Waals surface area (Å²) in [5.74, 6) is -0.984. The molecule has 1 aromatic rings. The molecule has 9 heteroatoms. The van der Waals surface area contributed by atoms with Gasteiger partial charge < -0.3 is 20.0 Å². The number of amides is 4. The molecule has 0 saturated carbocycles. The highest BCUT2D eigenvalue weighted by Crippen LogP contribution is 2.24. The lowest BCUT2D eigenvalue weighted by atomic mass is 10.1. The van der Waals surface area contributed by atoms with Gasteiger partial charge >= 0.3 is 12.2 Å². The molecule has 0 aromatic heterocycles. The monoisotopic (exact) mass is 333 g/mol. The van der Waals surface area contributed by atoms with Crippen molar-refractivity contribution in [2.75, 3.05) is 26.2 Å². The van der Waals surface area contributed by atoms with Gasteiger partial charge in [0.25, 0.3) is 11.8 Å². The zero-order valence-corrected chi connectivity index (χ0v) is 12.6. The summed E-state index contributed by atoms with van der Waals surface area (Å²) < 4.78 is 0. The third-order valence-corrected chi connectivity index (χ3v) is 4.27. The molecule has 24 heavy (non-hydrogen) atoms. The molecule has 1 aromatic carbocycles. The molecule has 2 aliphatic heterocycles. The fourth-order valence-electron chi connectivity index (χ4n) is 3.05. The maximum atomic E-state index is 12.4. The molecule has 0 bridgehead atoms. The highest BCUT2D eigenvalue weighted by Gasteiger charge is 2.40. The first-order valence-electron chi connectivity index (χ1n) is 7.33. The molecular formula is C15H15N3O6. The number of carbonyl (C=O) groups excluding carboxylic acids is 2. The Labute approximate surface area is 136 Å². The smallest absolute Gasteiger partial charge is 0.407 e. The van der Waals surface area contributed by atoms with Gasteiger partial charge in [0.1, 0.15) is 0 Å². The number of nitrogens with zero attached hydrogens (tertiary/aromatic N) is 3. The Morgan fingerprint density at radius 2 is 1.58 bits per heavy atom. The number of piperazine rings is 1. The zero-order valence-electron chi connectivity index (χ0n) is 12.6. The Morgan fingerprint density at radius 1 is 1.00 bits per heavy atom. The zero-order chi connectivity index (χ0) is 17.4. The first kappa shape index (κ1) is 15.8. The minimum absolute atomic E-state index is 0.00449. The molecule has 1 saturated heterocycles. The number of hydrogen-bond donors (Lipinski definition) is 2. The minimum atomic E-state index is -1.21. The average Bonchev–Trinajstić information content (AvgIpc) is 2.80. The second kappa shape index (κ2) is 5.84. The lowest BCUT2D eigenvalue weighted by Crippen LogP contribution is -2.59. The lowest BCUT2D eigenvalue weighted by molar-refractivity contribution is 0.0414. The first-order chi connectivity index (χ1) is 11.4. The number of benzene rings is 1. The van der Waals surface area contributed by atoms with E-state index in [4.69, 9.17) is 5.11 Å². The van der Waals surface area contributed by atoms with Gasteiger partial charge in [-0.05, 0) is 12.1 Å². The van der Waals surface area contributed by atoms with Crippen LogP contribution in [0.15, 0.2) is 24.3 Å². The Bertz CT molecular complexity index is 699. The van der Waals surface area contributed by atoms with Gasteiger partial charge in [-0.3, -0.25) is 14.5 Å². The van der Waals surface area contributed by atoms with E-state index in [0.717, 1.165) is 14.7 Å². The van der Waals surface area contributed by atoms with E-state index in [1.54, 1.807) is 12.1 Å². The molecule has 1 unspecified atom stereocenters. The number of carboxylic acid groups (broad SMARTS) is 2. The fraction of sp³-hybridized carbons (Fsp3) is 0.333. The third kappa shape index (κ3) is 2.53. The predicted molar refractivity (Wildman–Crippen MR) is 79.9 cm³/mol. The summed E-state index contributed by atoms with van der Waals surface area (Å²) >= 11 is 0. The Hall–Kier alpha value is -3.10. The van der Waals surface area contributed by atoms with Crippen LogP contribution in [0.1, 0.15) is 20.7 Å². The number of fused-ring (bicyclic) bond motifs is 1. The summed E-state index contributed by atoms with van der Waals surface area (Å²) in [6.07, 6.45) is -2.37. The van der Waals surface area contributed by atoms with E-state index in [1.165, 1.54) is 12.1 Å². The molecule has 3 rings (SSSR count). The standard InChI is InChI=1S/C15H15N3O6/c19-12-10-3-1-2-4-11(10)13(20)18(12)8-9-7-16(14(21)22)5-6-17(9)15(23)24/h1-4,9H,5-8H2,(H,21,22)(H,23,24). The van der Waals surface area contributed by atoms with Crippen LogP contribution in [0.25, 0.3) is 0 Å². The highest BCUT2D eigenvalue weighted by molar-refractivity contribution is 6.21. The SMILES string of the molecule is O=C(O)N1CCN(C(=O)O)C(CN2C(=O)c3ccccc3C2=O)C1. The van der Waals surface area contributed by atoms with Crippen LogP contribution in [0, 0.1) is 0 Å². The van der Waals surface area contributed by atoms with Crippen LogP contribution in [0.2, 0.25) is 0 Å². The molecule has 9 nitrogen and oxygen atoms in total. The summed E-state index contributed by atoms with van der Waals surface area (Å²) in [5, 5.41) is 18.4. The molecule has 2 N–H and O–H groups in total. The summed E-state index contributed by atoms with van der Waals surface area (Å²) in [4.78, 5) is 50.4. The topological polar surface area (TPSA) is 118 Å². The largest absolute Gasteiger partial charge is 0.465 e. The van der Waals surface area contributed by atoms with Crippen molar-refractivity contribution in [3.05, 3.63) is 35.4 Å². The van der Waals surface area contributed by atoms with E-state index in [0.29, 0.717) is 0 Å². The first-order valence-corrected chi connectivity index (χ1v) is 7.33. The molecule has 4 amide bonds. The molecular weight excluding hydrogens is 318 g/mol. The second-order valence-electron chi connectivity index (χ2n) is 5.62. The molecule has 0 aliphatic carbocycles. The molecule has 126 valence electrons. The number of imide groups is 1. The Kier molecular flexibility index (Phi) is 3.84. The fourth-order valence-corrected chi connectivity index (χ4v) is 3.05. The van der Waals surface area contributed by atoms with Crippen LogP contribution in [-0.2, 0) is 0 Å². The van der Waals surface area contributed by atoms with Gasteiger partial charge in [0.15, 0.2) is 0 Å². The van der Waals surface area contributed by atoms with Crippen LogP contribution in [-0.4, -0.2) is 81.1 Å². The molecule has 1 fully saturated rings. The van der Waals surface area contributed by atoms with E-state index in [1.807, 2.05) is 0 Å². The normalized spacial score (nSPS) is 20.3. The quantitative estimate of drug-likeness (QED) is 0.766. The van der Waals surface area contributed by atoms with Crippen LogP contribution in [0.4, 0.5) is 9.59 Å². The summed E-state index contributed by atoms with van der Waals surface area (Å²) in [6, 6.07) is 5.56. The van der Waals surface area contributed by atoms with Gasteiger partial charge in [-0.1, -0.05) is 12.1 Å². The summed E-state index contributed by atoms with van der Waals surface area (Å²) in [6.45, 7) is -0.215. The molecule has 0 spiro atoms. The van der Waals surface area contributed by atoms with Crippen molar-refractivity contribution in [2.45, 2.75) is 6.04 Å². The van der Waals surface area contributed by atoms with Crippen molar-refractivity contribution in [3.8, 4) is 0 Å². The Balaban J connectivity index is 1.83. The maximum absolute atomic E-state index is 12.4. The van der Waals surface area contributed by atoms with E-state index < -0.39 is 30.0 Å². The van der Waals surface area contributed by atoms with Gasteiger partial charge in [0, 0.05) is 19.6 Å². The summed E-state index contributed by atoms with van der Waals surface area (Å²) in [5.41, 5.74) is 0.547. The lowest BCUT2D eigenvalue weighted by Gasteiger charge is -2.39. The van der Waals surface area contributed by atoms with Gasteiger partial charge in [0.05, 0.1) is 23.7 Å². The van der Waals surface area contributed by atoms with Crippen LogP contribution in [0.3, 0.4) is 0 Å². The number of carbonyl (C=O) groups is 4. The van der Waals surface area contributed by atoms with Crippen LogP contribution < -0.4 is 0 Å². The summed E-state index contributed by atoms with van der Waals surface area (Å²) in [7, 11) is 0. The Morgan fingerprint density at radius 3 is 2.08 bits per heavy atom. The van der Waals surface area contributed by atoms with E-state index >= 15 is 0 Å². The van der Waals surface area contributed by atoms with Gasteiger partial charge in [-0.15, -0.1) is 0 Å². The maximum Gasteiger partial charge on any atom is 0.407 e. The van der Waals surface area contributed by atoms with E-state index in [-0.39, 0.29) is 37.3 Å². The van der Waals surface area contributed by atoms with Crippen molar-refractivity contribution in [2.24, 2.45) is 0 Å². The van der Waals surface area contributed by atoms with Crippen molar-refractivity contribution in [3.63, 3.8) is 0 Å². The van der Waals surface area contributed by atoms with E-state index in [2.05, 4.69) is 0 Å². The number of hydrogen-bond acceptors (Lipinski definition) is 4. The highest BCUT2D eigenvalue weighted by atomic mass is 16.4. The van der Waals surface area contributed by atoms with Gasteiger partial charge in [-0.25, -0.2) is 9.59 Å². The van der Waals surface area contributed by atoms with Gasteiger partial charge in [-0.2, -0.15) is 0 Å². The third-order valence-electron chi connectivity index (χ3n) is 4.27. The minimum Gasteiger partial charge on any atom is -0.465 e. The van der Waals surface area contributed by atoms with Crippen LogP contribution in [0.5, 0.6) is 0 Å². The van der Waals surface area contributed by atoms with E-state index in [9.17, 15) is 24.3 Å².